The van der Waals surface area contributed by atoms with E-state index >= 15 is 0 Å². The molecule has 2 amide bonds. The zero-order valence-corrected chi connectivity index (χ0v) is 18.4. The number of nitrogens with one attached hydrogen (secondary N) is 3. The Kier molecular flexibility index (Phi) is 7.61. The number of H-pyrrole nitrogens is 1. The molecule has 2 aromatic heterocycles. The highest BCUT2D eigenvalue weighted by atomic mass is 16.2. The number of unbranched alkanes of at least 4 members (excludes halogenated alkanes) is 1. The van der Waals surface area contributed by atoms with Crippen LogP contribution >= 0.6 is 0 Å². The number of benzene rings is 1. The van der Waals surface area contributed by atoms with Crippen LogP contribution in [-0.4, -0.2) is 43.9 Å². The molecule has 0 aliphatic carbocycles. The second-order valence-corrected chi connectivity index (χ2v) is 7.73. The Balaban J connectivity index is 1.73. The average molecular weight is 456 g/mol. The number of hydrogen-bond donors (Lipinski definition) is 6. The number of carbonyl (C=O) groups excluding carboxylic acids is 2. The first-order chi connectivity index (χ1) is 15.8. The van der Waals surface area contributed by atoms with Crippen molar-refractivity contribution in [2.24, 2.45) is 11.5 Å². The number of amides is 2. The highest BCUT2D eigenvalue weighted by Crippen LogP contribution is 2.18. The largest absolute Gasteiger partial charge is 0.382 e. The molecule has 0 aliphatic rings. The summed E-state index contributed by atoms with van der Waals surface area (Å²) in [4.78, 5) is 46.9. The van der Waals surface area contributed by atoms with Crippen molar-refractivity contribution in [1.82, 2.24) is 19.5 Å². The smallest absolute Gasteiger partial charge is 0.328 e. The summed E-state index contributed by atoms with van der Waals surface area (Å²) in [5.41, 5.74) is 18.7. The van der Waals surface area contributed by atoms with E-state index in [0.717, 1.165) is 18.4 Å². The van der Waals surface area contributed by atoms with Gasteiger partial charge in [0.25, 0.3) is 0 Å². The maximum Gasteiger partial charge on any atom is 0.328 e. The molecule has 0 saturated heterocycles. The summed E-state index contributed by atoms with van der Waals surface area (Å²) in [6.45, 7) is 3.03. The lowest BCUT2D eigenvalue weighted by Crippen LogP contribution is -2.36. The van der Waals surface area contributed by atoms with Crippen LogP contribution in [0.25, 0.3) is 11.2 Å². The van der Waals surface area contributed by atoms with Crippen LogP contribution in [0.1, 0.15) is 38.2 Å². The van der Waals surface area contributed by atoms with E-state index in [-0.39, 0.29) is 30.9 Å². The summed E-state index contributed by atoms with van der Waals surface area (Å²) in [5.74, 6) is -0.356. The van der Waals surface area contributed by atoms with Crippen LogP contribution in [0, 0.1) is 0 Å². The van der Waals surface area contributed by atoms with Crippen LogP contribution in [0.2, 0.25) is 0 Å². The molecule has 176 valence electrons. The molecule has 0 aliphatic heterocycles. The minimum Gasteiger partial charge on any atom is -0.382 e. The maximum atomic E-state index is 12.5. The second kappa shape index (κ2) is 10.6. The third-order valence-electron chi connectivity index (χ3n) is 5.06. The quantitative estimate of drug-likeness (QED) is 0.224. The first-order valence-electron chi connectivity index (χ1n) is 10.7. The van der Waals surface area contributed by atoms with Crippen molar-refractivity contribution < 1.29 is 9.59 Å². The van der Waals surface area contributed by atoms with Crippen LogP contribution in [0.15, 0.2) is 29.1 Å². The van der Waals surface area contributed by atoms with Gasteiger partial charge in [0.1, 0.15) is 5.52 Å². The first kappa shape index (κ1) is 23.7. The van der Waals surface area contributed by atoms with Gasteiger partial charge in [0.2, 0.25) is 17.8 Å². The maximum absolute atomic E-state index is 12.5. The fourth-order valence-corrected chi connectivity index (χ4v) is 3.19. The fraction of sp³-hybridized carbons (Fsp3) is 0.381. The highest BCUT2D eigenvalue weighted by molar-refractivity contribution is 5.95. The highest BCUT2D eigenvalue weighted by Gasteiger charge is 2.16. The van der Waals surface area contributed by atoms with Gasteiger partial charge in [-0.1, -0.05) is 25.5 Å². The van der Waals surface area contributed by atoms with Crippen LogP contribution in [-0.2, 0) is 16.1 Å². The average Bonchev–Trinajstić information content (AvgIpc) is 3.09. The zero-order chi connectivity index (χ0) is 24.0. The number of carbonyl (C=O) groups is 2. The normalized spacial score (nSPS) is 11.9. The summed E-state index contributed by atoms with van der Waals surface area (Å²) < 4.78 is 1.48. The van der Waals surface area contributed by atoms with Crippen LogP contribution in [0.5, 0.6) is 0 Å². The molecule has 3 rings (SSSR count). The number of nitrogens with zero attached hydrogens (tertiary/aromatic N) is 3. The lowest BCUT2D eigenvalue weighted by Gasteiger charge is -2.12. The molecule has 0 saturated carbocycles. The Morgan fingerprint density at radius 3 is 2.61 bits per heavy atom. The summed E-state index contributed by atoms with van der Waals surface area (Å²) in [5, 5.41) is 5.82. The number of aromatic amines is 1. The number of aromatic nitrogens is 4. The van der Waals surface area contributed by atoms with Gasteiger partial charge in [-0.3, -0.25) is 14.2 Å². The van der Waals surface area contributed by atoms with Gasteiger partial charge in [0, 0.05) is 18.7 Å². The third kappa shape index (κ3) is 6.07. The SMILES string of the molecule is CCCCNc1nc(N)c2[nH]c(=O)n(Cc3ccc(NC(=O)[C@@H](N)CCC(N)=O)cc3)c2n1. The predicted molar refractivity (Wildman–Crippen MR) is 127 cm³/mol. The Morgan fingerprint density at radius 1 is 1.21 bits per heavy atom. The summed E-state index contributed by atoms with van der Waals surface area (Å²) >= 11 is 0. The van der Waals surface area contributed by atoms with Crippen molar-refractivity contribution >= 4 is 40.4 Å². The Bertz CT molecular complexity index is 1180. The number of rotatable bonds is 11. The van der Waals surface area contributed by atoms with E-state index in [1.165, 1.54) is 4.57 Å². The monoisotopic (exact) mass is 455 g/mol. The standard InChI is InChI=1S/C21H29N9O3/c1-2-3-10-25-20-28-17(24)16-18(29-20)30(21(33)27-16)11-12-4-6-13(7-5-12)26-19(32)14(22)8-9-15(23)31/h4-7,14H,2-3,8-11,22H2,1H3,(H2,23,31)(H,26,32)(H,27,33)(H3,24,25,28,29)/t14-/m0/s1. The van der Waals surface area contributed by atoms with Crippen molar-refractivity contribution in [2.75, 3.05) is 22.9 Å². The van der Waals surface area contributed by atoms with Gasteiger partial charge in [-0.05, 0) is 30.5 Å². The summed E-state index contributed by atoms with van der Waals surface area (Å²) in [6, 6.07) is 6.12. The molecule has 1 atom stereocenters. The van der Waals surface area contributed by atoms with Gasteiger partial charge in [0.05, 0.1) is 12.6 Å². The Labute approximate surface area is 190 Å². The molecular formula is C21H29N9O3. The molecule has 2 heterocycles. The molecule has 0 spiro atoms. The van der Waals surface area contributed by atoms with E-state index in [0.29, 0.717) is 29.3 Å². The van der Waals surface area contributed by atoms with Crippen LogP contribution in [0.4, 0.5) is 17.5 Å². The van der Waals surface area contributed by atoms with Gasteiger partial charge in [-0.2, -0.15) is 9.97 Å². The van der Waals surface area contributed by atoms with E-state index < -0.39 is 17.9 Å². The minimum absolute atomic E-state index is 0.0385. The number of anilines is 3. The molecular weight excluding hydrogens is 426 g/mol. The van der Waals surface area contributed by atoms with Crippen molar-refractivity contribution in [2.45, 2.75) is 45.2 Å². The second-order valence-electron chi connectivity index (χ2n) is 7.73. The van der Waals surface area contributed by atoms with E-state index in [1.807, 2.05) is 0 Å². The predicted octanol–water partition coefficient (Wildman–Crippen LogP) is 0.493. The van der Waals surface area contributed by atoms with Crippen LogP contribution in [0.3, 0.4) is 0 Å². The van der Waals surface area contributed by atoms with Gasteiger partial charge >= 0.3 is 5.69 Å². The van der Waals surface area contributed by atoms with E-state index in [2.05, 4.69) is 32.5 Å². The number of imidazole rings is 1. The first-order valence-corrected chi connectivity index (χ1v) is 10.7. The molecule has 3 aromatic rings. The molecule has 33 heavy (non-hydrogen) atoms. The zero-order valence-electron chi connectivity index (χ0n) is 18.4. The Morgan fingerprint density at radius 2 is 1.94 bits per heavy atom. The molecule has 12 nitrogen and oxygen atoms in total. The number of fused-ring (bicyclic) bond motifs is 1. The minimum atomic E-state index is -0.841. The number of nitrogen functional groups attached to an aromatic ring is 1. The van der Waals surface area contributed by atoms with E-state index in [1.54, 1.807) is 24.3 Å². The number of primary amides is 1. The van der Waals surface area contributed by atoms with Gasteiger partial charge in [-0.25, -0.2) is 4.79 Å². The third-order valence-corrected chi connectivity index (χ3v) is 5.06. The van der Waals surface area contributed by atoms with Crippen molar-refractivity contribution in [1.29, 1.82) is 0 Å². The van der Waals surface area contributed by atoms with Crippen molar-refractivity contribution in [3.05, 3.63) is 40.3 Å². The summed E-state index contributed by atoms with van der Waals surface area (Å²) in [7, 11) is 0. The molecule has 0 radical (unpaired) electrons. The molecule has 0 unspecified atom stereocenters. The van der Waals surface area contributed by atoms with Gasteiger partial charge < -0.3 is 32.8 Å². The topological polar surface area (TPSA) is 200 Å². The van der Waals surface area contributed by atoms with E-state index in [9.17, 15) is 14.4 Å². The lowest BCUT2D eigenvalue weighted by atomic mass is 10.1. The number of hydrogen-bond acceptors (Lipinski definition) is 8. The fourth-order valence-electron chi connectivity index (χ4n) is 3.19. The molecule has 9 N–H and O–H groups in total. The number of nitrogens with two attached hydrogens (primary N) is 3. The van der Waals surface area contributed by atoms with Crippen molar-refractivity contribution in [3.63, 3.8) is 0 Å². The molecule has 1 aromatic carbocycles. The molecule has 0 fully saturated rings. The van der Waals surface area contributed by atoms with Gasteiger partial charge in [-0.15, -0.1) is 0 Å². The molecule has 12 heteroatoms. The Hall–Kier alpha value is -3.93. The lowest BCUT2D eigenvalue weighted by molar-refractivity contribution is -0.119. The molecule has 0 bridgehead atoms. The van der Waals surface area contributed by atoms with E-state index in [4.69, 9.17) is 17.2 Å². The van der Waals surface area contributed by atoms with Crippen molar-refractivity contribution in [3.8, 4) is 0 Å². The van der Waals surface area contributed by atoms with Gasteiger partial charge in [0.15, 0.2) is 11.5 Å². The summed E-state index contributed by atoms with van der Waals surface area (Å²) in [6.07, 6.45) is 2.19. The van der Waals surface area contributed by atoms with Crippen LogP contribution < -0.4 is 33.5 Å².